The Kier molecular flexibility index (Phi) is 6.22. The van der Waals surface area contributed by atoms with E-state index < -0.39 is 0 Å². The number of carbonyl (C=O) groups excluding carboxylic acids is 1. The second kappa shape index (κ2) is 8.99. The number of nitrogens with zero attached hydrogens (tertiary/aromatic N) is 2. The number of amides is 1. The van der Waals surface area contributed by atoms with Crippen LogP contribution in [0.1, 0.15) is 41.6 Å². The SMILES string of the molecule is CCOc1ccccc1NC(=O)c1cc(C)nc(NC(C)c2ccccc2)n1. The summed E-state index contributed by atoms with van der Waals surface area (Å²) in [5, 5.41) is 6.13. The molecule has 3 rings (SSSR count). The standard InChI is InChI=1S/C22H24N4O2/c1-4-28-20-13-9-8-12-18(20)25-21(27)19-14-15(2)23-22(26-19)24-16(3)17-10-6-5-7-11-17/h5-14,16H,4H2,1-3H3,(H,25,27)(H,23,24,26). The minimum absolute atomic E-state index is 0.0117. The van der Waals surface area contributed by atoms with Gasteiger partial charge in [0.15, 0.2) is 0 Å². The fraction of sp³-hybridized carbons (Fsp3) is 0.227. The second-order valence-corrected chi connectivity index (χ2v) is 6.38. The molecule has 3 aromatic rings. The molecular formula is C22H24N4O2. The Labute approximate surface area is 165 Å². The number of hydrogen-bond donors (Lipinski definition) is 2. The Hall–Kier alpha value is -3.41. The highest BCUT2D eigenvalue weighted by molar-refractivity contribution is 6.03. The van der Waals surface area contributed by atoms with Gasteiger partial charge in [-0.3, -0.25) is 4.79 Å². The number of aryl methyl sites for hydroxylation is 1. The number of ether oxygens (including phenoxy) is 1. The highest BCUT2D eigenvalue weighted by Crippen LogP contribution is 2.24. The molecular weight excluding hydrogens is 352 g/mol. The van der Waals surface area contributed by atoms with E-state index in [1.807, 2.05) is 69.3 Å². The van der Waals surface area contributed by atoms with Crippen molar-refractivity contribution in [1.82, 2.24) is 9.97 Å². The van der Waals surface area contributed by atoms with E-state index in [4.69, 9.17) is 4.74 Å². The average molecular weight is 376 g/mol. The maximum atomic E-state index is 12.7. The van der Waals surface area contributed by atoms with Crippen molar-refractivity contribution in [2.45, 2.75) is 26.8 Å². The van der Waals surface area contributed by atoms with Crippen molar-refractivity contribution in [3.63, 3.8) is 0 Å². The molecule has 6 nitrogen and oxygen atoms in total. The number of nitrogens with one attached hydrogen (secondary N) is 2. The summed E-state index contributed by atoms with van der Waals surface area (Å²) < 4.78 is 5.56. The van der Waals surface area contributed by atoms with Crippen LogP contribution in [0.15, 0.2) is 60.7 Å². The van der Waals surface area contributed by atoms with Gasteiger partial charge >= 0.3 is 0 Å². The number of carbonyl (C=O) groups is 1. The van der Waals surface area contributed by atoms with Gasteiger partial charge in [0.2, 0.25) is 5.95 Å². The summed E-state index contributed by atoms with van der Waals surface area (Å²) in [6.45, 7) is 6.28. The van der Waals surface area contributed by atoms with Crippen LogP contribution in [-0.2, 0) is 0 Å². The highest BCUT2D eigenvalue weighted by atomic mass is 16.5. The number of rotatable bonds is 7. The van der Waals surface area contributed by atoms with Gasteiger partial charge in [-0.15, -0.1) is 0 Å². The minimum Gasteiger partial charge on any atom is -0.492 e. The van der Waals surface area contributed by atoms with Crippen LogP contribution < -0.4 is 15.4 Å². The van der Waals surface area contributed by atoms with Gasteiger partial charge in [-0.2, -0.15) is 0 Å². The molecule has 0 fully saturated rings. The molecule has 0 saturated carbocycles. The largest absolute Gasteiger partial charge is 0.492 e. The predicted octanol–water partition coefficient (Wildman–Crippen LogP) is 4.61. The van der Waals surface area contributed by atoms with Crippen LogP contribution in [0.3, 0.4) is 0 Å². The van der Waals surface area contributed by atoms with Gasteiger partial charge in [0.1, 0.15) is 11.4 Å². The van der Waals surface area contributed by atoms with E-state index in [1.165, 1.54) is 0 Å². The molecule has 2 N–H and O–H groups in total. The van der Waals surface area contributed by atoms with Crippen LogP contribution in [0.5, 0.6) is 5.75 Å². The smallest absolute Gasteiger partial charge is 0.274 e. The van der Waals surface area contributed by atoms with Crippen LogP contribution in [0.4, 0.5) is 11.6 Å². The fourth-order valence-electron chi connectivity index (χ4n) is 2.81. The first-order chi connectivity index (χ1) is 13.6. The van der Waals surface area contributed by atoms with Gasteiger partial charge in [0.05, 0.1) is 18.3 Å². The average Bonchev–Trinajstić information content (AvgIpc) is 2.70. The van der Waals surface area contributed by atoms with Crippen LogP contribution >= 0.6 is 0 Å². The number of aromatic nitrogens is 2. The Bertz CT molecular complexity index is 944. The molecule has 1 aromatic heterocycles. The fourth-order valence-corrected chi connectivity index (χ4v) is 2.81. The quantitative estimate of drug-likeness (QED) is 0.630. The van der Waals surface area contributed by atoms with E-state index in [-0.39, 0.29) is 11.9 Å². The molecule has 1 amide bonds. The molecule has 6 heteroatoms. The topological polar surface area (TPSA) is 76.1 Å². The van der Waals surface area contributed by atoms with Crippen molar-refractivity contribution in [2.24, 2.45) is 0 Å². The van der Waals surface area contributed by atoms with Crippen molar-refractivity contribution < 1.29 is 9.53 Å². The van der Waals surface area contributed by atoms with Crippen LogP contribution in [0.2, 0.25) is 0 Å². The summed E-state index contributed by atoms with van der Waals surface area (Å²) in [5.41, 5.74) is 2.73. The Morgan fingerprint density at radius 3 is 2.54 bits per heavy atom. The Morgan fingerprint density at radius 1 is 1.07 bits per heavy atom. The molecule has 0 bridgehead atoms. The van der Waals surface area contributed by atoms with E-state index in [0.717, 1.165) is 5.56 Å². The monoisotopic (exact) mass is 376 g/mol. The Morgan fingerprint density at radius 2 is 1.79 bits per heavy atom. The highest BCUT2D eigenvalue weighted by Gasteiger charge is 2.14. The van der Waals surface area contributed by atoms with Gasteiger partial charge in [-0.1, -0.05) is 42.5 Å². The molecule has 2 aromatic carbocycles. The van der Waals surface area contributed by atoms with Crippen LogP contribution in [0.25, 0.3) is 0 Å². The van der Waals surface area contributed by atoms with Gasteiger partial charge in [0, 0.05) is 5.69 Å². The zero-order chi connectivity index (χ0) is 19.9. The molecule has 0 aliphatic carbocycles. The van der Waals surface area contributed by atoms with Crippen molar-refractivity contribution in [2.75, 3.05) is 17.2 Å². The number of benzene rings is 2. The molecule has 1 atom stereocenters. The maximum absolute atomic E-state index is 12.7. The van der Waals surface area contributed by atoms with Crippen molar-refractivity contribution in [1.29, 1.82) is 0 Å². The van der Waals surface area contributed by atoms with Gasteiger partial charge in [-0.05, 0) is 44.5 Å². The van der Waals surface area contributed by atoms with E-state index in [0.29, 0.717) is 35.4 Å². The van der Waals surface area contributed by atoms with Gasteiger partial charge in [-0.25, -0.2) is 9.97 Å². The summed E-state index contributed by atoms with van der Waals surface area (Å²) in [6.07, 6.45) is 0. The Balaban J connectivity index is 1.78. The van der Waals surface area contributed by atoms with Crippen LogP contribution in [-0.4, -0.2) is 22.5 Å². The molecule has 0 aliphatic rings. The van der Waals surface area contributed by atoms with Crippen molar-refractivity contribution >= 4 is 17.5 Å². The molecule has 1 unspecified atom stereocenters. The molecule has 1 heterocycles. The van der Waals surface area contributed by atoms with Crippen LogP contribution in [0, 0.1) is 6.92 Å². The molecule has 0 spiro atoms. The van der Waals surface area contributed by atoms with Gasteiger partial charge in [0.25, 0.3) is 5.91 Å². The first-order valence-electron chi connectivity index (χ1n) is 9.27. The molecule has 28 heavy (non-hydrogen) atoms. The lowest BCUT2D eigenvalue weighted by Crippen LogP contribution is -2.17. The summed E-state index contributed by atoms with van der Waals surface area (Å²) >= 11 is 0. The lowest BCUT2D eigenvalue weighted by Gasteiger charge is -2.15. The summed E-state index contributed by atoms with van der Waals surface area (Å²) in [6, 6.07) is 19.0. The third kappa shape index (κ3) is 4.85. The lowest BCUT2D eigenvalue weighted by molar-refractivity contribution is 0.102. The first-order valence-corrected chi connectivity index (χ1v) is 9.27. The number of hydrogen-bond acceptors (Lipinski definition) is 5. The summed E-state index contributed by atoms with van der Waals surface area (Å²) in [5.74, 6) is 0.729. The molecule has 0 radical (unpaired) electrons. The third-order valence-electron chi connectivity index (χ3n) is 4.17. The summed E-state index contributed by atoms with van der Waals surface area (Å²) in [7, 11) is 0. The number of para-hydroxylation sites is 2. The van der Waals surface area contributed by atoms with E-state index >= 15 is 0 Å². The molecule has 144 valence electrons. The molecule has 0 saturated heterocycles. The summed E-state index contributed by atoms with van der Waals surface area (Å²) in [4.78, 5) is 21.6. The second-order valence-electron chi connectivity index (χ2n) is 6.38. The van der Waals surface area contributed by atoms with Crippen molar-refractivity contribution in [3.8, 4) is 5.75 Å². The predicted molar refractivity (Wildman–Crippen MR) is 111 cm³/mol. The van der Waals surface area contributed by atoms with Gasteiger partial charge < -0.3 is 15.4 Å². The van der Waals surface area contributed by atoms with E-state index in [1.54, 1.807) is 12.1 Å². The van der Waals surface area contributed by atoms with Crippen molar-refractivity contribution in [3.05, 3.63) is 77.6 Å². The third-order valence-corrected chi connectivity index (χ3v) is 4.17. The van der Waals surface area contributed by atoms with E-state index in [2.05, 4.69) is 20.6 Å². The maximum Gasteiger partial charge on any atom is 0.274 e. The minimum atomic E-state index is -0.312. The first kappa shape index (κ1) is 19.4. The van der Waals surface area contributed by atoms with E-state index in [9.17, 15) is 4.79 Å². The zero-order valence-corrected chi connectivity index (χ0v) is 16.3. The zero-order valence-electron chi connectivity index (χ0n) is 16.3. The molecule has 0 aliphatic heterocycles. The normalized spacial score (nSPS) is 11.5. The number of anilines is 2. The lowest BCUT2D eigenvalue weighted by atomic mass is 10.1.